The molecule has 78 valence electrons. The monoisotopic (exact) mass is 230 g/mol. The van der Waals surface area contributed by atoms with Crippen molar-refractivity contribution in [3.05, 3.63) is 39.6 Å². The van der Waals surface area contributed by atoms with Crippen LogP contribution in [0.3, 0.4) is 0 Å². The summed E-state index contributed by atoms with van der Waals surface area (Å²) in [6, 6.07) is 1.94. The second-order valence-corrected chi connectivity index (χ2v) is 3.98. The number of aromatic amines is 1. The van der Waals surface area contributed by atoms with Gasteiger partial charge in [0, 0.05) is 17.1 Å². The Morgan fingerprint density at radius 1 is 1.31 bits per heavy atom. The SMILES string of the molecule is O=c1[nH]ncc2nc(-c3ccsc3)ncc12. The maximum atomic E-state index is 11.4. The Kier molecular flexibility index (Phi) is 2.00. The van der Waals surface area contributed by atoms with E-state index in [-0.39, 0.29) is 5.56 Å². The topological polar surface area (TPSA) is 71.5 Å². The molecule has 16 heavy (non-hydrogen) atoms. The molecule has 3 heterocycles. The number of fused-ring (bicyclic) bond motifs is 1. The molecule has 0 aliphatic heterocycles. The lowest BCUT2D eigenvalue weighted by Crippen LogP contribution is -2.08. The lowest BCUT2D eigenvalue weighted by molar-refractivity contribution is 1.00. The lowest BCUT2D eigenvalue weighted by atomic mass is 10.3. The van der Waals surface area contributed by atoms with Gasteiger partial charge in [0.05, 0.1) is 17.1 Å². The van der Waals surface area contributed by atoms with Crippen LogP contribution in [0, 0.1) is 0 Å². The minimum Gasteiger partial charge on any atom is -0.267 e. The molecule has 0 aliphatic carbocycles. The zero-order chi connectivity index (χ0) is 11.0. The Morgan fingerprint density at radius 3 is 3.06 bits per heavy atom. The average Bonchev–Trinajstić information content (AvgIpc) is 2.82. The third-order valence-electron chi connectivity index (χ3n) is 2.20. The predicted octanol–water partition coefficient (Wildman–Crippen LogP) is 1.44. The largest absolute Gasteiger partial charge is 0.275 e. The summed E-state index contributed by atoms with van der Waals surface area (Å²) in [4.78, 5) is 19.8. The number of aromatic nitrogens is 4. The van der Waals surface area contributed by atoms with Crippen molar-refractivity contribution < 1.29 is 0 Å². The predicted molar refractivity (Wildman–Crippen MR) is 61.3 cm³/mol. The Bertz CT molecular complexity index is 689. The van der Waals surface area contributed by atoms with Crippen molar-refractivity contribution in [3.8, 4) is 11.4 Å². The maximum absolute atomic E-state index is 11.4. The second kappa shape index (κ2) is 3.49. The van der Waals surface area contributed by atoms with Crippen LogP contribution in [0.25, 0.3) is 22.3 Å². The Morgan fingerprint density at radius 2 is 2.25 bits per heavy atom. The van der Waals surface area contributed by atoms with Crippen LogP contribution in [0.2, 0.25) is 0 Å². The van der Waals surface area contributed by atoms with Gasteiger partial charge in [-0.15, -0.1) is 0 Å². The number of H-pyrrole nitrogens is 1. The van der Waals surface area contributed by atoms with Crippen LogP contribution in [0.1, 0.15) is 0 Å². The summed E-state index contributed by atoms with van der Waals surface area (Å²) in [6.07, 6.45) is 3.05. The van der Waals surface area contributed by atoms with Gasteiger partial charge in [-0.25, -0.2) is 15.1 Å². The first-order chi connectivity index (χ1) is 7.84. The molecular formula is C10H6N4OS. The number of thiophene rings is 1. The molecule has 0 bridgehead atoms. The molecule has 6 heteroatoms. The Balaban J connectivity index is 2.28. The van der Waals surface area contributed by atoms with Crippen LogP contribution < -0.4 is 5.56 Å². The number of rotatable bonds is 1. The normalized spacial score (nSPS) is 10.8. The number of hydrogen-bond donors (Lipinski definition) is 1. The average molecular weight is 230 g/mol. The van der Waals surface area contributed by atoms with E-state index in [0.717, 1.165) is 5.56 Å². The van der Waals surface area contributed by atoms with Gasteiger partial charge in [0.25, 0.3) is 5.56 Å². The minimum absolute atomic E-state index is 0.269. The molecule has 0 aromatic carbocycles. The zero-order valence-corrected chi connectivity index (χ0v) is 8.86. The van der Waals surface area contributed by atoms with E-state index >= 15 is 0 Å². The zero-order valence-electron chi connectivity index (χ0n) is 8.04. The van der Waals surface area contributed by atoms with Crippen molar-refractivity contribution in [1.82, 2.24) is 20.2 Å². The lowest BCUT2D eigenvalue weighted by Gasteiger charge is -1.98. The van der Waals surface area contributed by atoms with Crippen LogP contribution >= 0.6 is 11.3 Å². The van der Waals surface area contributed by atoms with Crippen LogP contribution in [0.4, 0.5) is 0 Å². The molecule has 0 fully saturated rings. The molecule has 0 radical (unpaired) electrons. The highest BCUT2D eigenvalue weighted by Gasteiger charge is 2.05. The van der Waals surface area contributed by atoms with Crippen molar-refractivity contribution in [2.24, 2.45) is 0 Å². The number of nitrogens with one attached hydrogen (secondary N) is 1. The Hall–Kier alpha value is -2.08. The molecular weight excluding hydrogens is 224 g/mol. The molecule has 0 amide bonds. The van der Waals surface area contributed by atoms with Crippen molar-refractivity contribution in [1.29, 1.82) is 0 Å². The van der Waals surface area contributed by atoms with Gasteiger partial charge in [0.15, 0.2) is 5.82 Å². The summed E-state index contributed by atoms with van der Waals surface area (Å²) in [6.45, 7) is 0. The summed E-state index contributed by atoms with van der Waals surface area (Å²) in [5, 5.41) is 10.4. The Labute approximate surface area is 93.8 Å². The fourth-order valence-corrected chi connectivity index (χ4v) is 2.05. The summed E-state index contributed by atoms with van der Waals surface area (Å²) in [5.74, 6) is 0.612. The van der Waals surface area contributed by atoms with Gasteiger partial charge in [-0.3, -0.25) is 4.79 Å². The van der Waals surface area contributed by atoms with E-state index in [1.807, 2.05) is 16.8 Å². The van der Waals surface area contributed by atoms with Gasteiger partial charge >= 0.3 is 0 Å². The van der Waals surface area contributed by atoms with Crippen molar-refractivity contribution in [2.75, 3.05) is 0 Å². The molecule has 5 nitrogen and oxygen atoms in total. The highest BCUT2D eigenvalue weighted by atomic mass is 32.1. The fourth-order valence-electron chi connectivity index (χ4n) is 1.41. The molecule has 3 rings (SSSR count). The summed E-state index contributed by atoms with van der Waals surface area (Å²) in [7, 11) is 0. The van der Waals surface area contributed by atoms with Crippen LogP contribution in [-0.4, -0.2) is 20.2 Å². The minimum atomic E-state index is -0.269. The molecule has 1 N–H and O–H groups in total. The third kappa shape index (κ3) is 1.40. The molecule has 0 spiro atoms. The molecule has 3 aromatic heterocycles. The van der Waals surface area contributed by atoms with Crippen LogP contribution in [0.5, 0.6) is 0 Å². The molecule has 3 aromatic rings. The third-order valence-corrected chi connectivity index (χ3v) is 2.88. The van der Waals surface area contributed by atoms with E-state index in [4.69, 9.17) is 0 Å². The second-order valence-electron chi connectivity index (χ2n) is 3.20. The fraction of sp³-hybridized carbons (Fsp3) is 0. The van der Waals surface area contributed by atoms with Gasteiger partial charge in [-0.2, -0.15) is 16.4 Å². The van der Waals surface area contributed by atoms with E-state index < -0.39 is 0 Å². The first kappa shape index (κ1) is 9.17. The van der Waals surface area contributed by atoms with Crippen molar-refractivity contribution in [2.45, 2.75) is 0 Å². The van der Waals surface area contributed by atoms with E-state index in [0.29, 0.717) is 16.7 Å². The van der Waals surface area contributed by atoms with Crippen molar-refractivity contribution >= 4 is 22.2 Å². The molecule has 0 atom stereocenters. The first-order valence-electron chi connectivity index (χ1n) is 4.57. The summed E-state index contributed by atoms with van der Waals surface area (Å²) >= 11 is 1.58. The number of nitrogens with zero attached hydrogens (tertiary/aromatic N) is 3. The van der Waals surface area contributed by atoms with Gasteiger partial charge < -0.3 is 0 Å². The van der Waals surface area contributed by atoms with E-state index in [2.05, 4.69) is 20.2 Å². The van der Waals surface area contributed by atoms with E-state index in [9.17, 15) is 4.79 Å². The molecule has 0 saturated heterocycles. The van der Waals surface area contributed by atoms with Crippen LogP contribution in [0.15, 0.2) is 34.0 Å². The summed E-state index contributed by atoms with van der Waals surface area (Å²) < 4.78 is 0. The molecule has 0 aliphatic rings. The highest BCUT2D eigenvalue weighted by molar-refractivity contribution is 7.08. The smallest absolute Gasteiger partial charge is 0.267 e. The highest BCUT2D eigenvalue weighted by Crippen LogP contribution is 2.18. The quantitative estimate of drug-likeness (QED) is 0.686. The van der Waals surface area contributed by atoms with Gasteiger partial charge in [-0.1, -0.05) is 0 Å². The van der Waals surface area contributed by atoms with E-state index in [1.165, 1.54) is 12.4 Å². The van der Waals surface area contributed by atoms with Gasteiger partial charge in [-0.05, 0) is 11.4 Å². The van der Waals surface area contributed by atoms with Crippen molar-refractivity contribution in [3.63, 3.8) is 0 Å². The van der Waals surface area contributed by atoms with Gasteiger partial charge in [0.1, 0.15) is 0 Å². The first-order valence-corrected chi connectivity index (χ1v) is 5.52. The molecule has 0 saturated carbocycles. The van der Waals surface area contributed by atoms with Gasteiger partial charge in [0.2, 0.25) is 0 Å². The maximum Gasteiger partial charge on any atom is 0.275 e. The number of hydrogen-bond acceptors (Lipinski definition) is 5. The summed E-state index contributed by atoms with van der Waals surface area (Å²) in [5.41, 5.74) is 1.24. The standard InChI is InChI=1S/C10H6N4OS/c15-10-7-3-11-9(6-1-2-16-5-6)13-8(7)4-12-14-10/h1-5H,(H,14,15). The van der Waals surface area contributed by atoms with E-state index in [1.54, 1.807) is 11.3 Å². The molecule has 0 unspecified atom stereocenters. The van der Waals surface area contributed by atoms with Crippen LogP contribution in [-0.2, 0) is 0 Å².